The zero-order valence-corrected chi connectivity index (χ0v) is 11.2. The molecule has 0 saturated carbocycles. The van der Waals surface area contributed by atoms with Crippen molar-refractivity contribution in [2.24, 2.45) is 0 Å². The zero-order chi connectivity index (χ0) is 13.6. The Labute approximate surface area is 108 Å². The number of aliphatic carboxylic acids is 1. The molecule has 1 atom stereocenters. The molecule has 0 aliphatic carbocycles. The number of carboxylic acids is 1. The first-order valence-corrected chi connectivity index (χ1v) is 6.21. The predicted molar refractivity (Wildman–Crippen MR) is 65.8 cm³/mol. The minimum absolute atomic E-state index is 0.354. The van der Waals surface area contributed by atoms with Gasteiger partial charge in [0.2, 0.25) is 0 Å². The molecule has 0 aromatic carbocycles. The summed E-state index contributed by atoms with van der Waals surface area (Å²) in [6.07, 6.45) is 0.437. The molecule has 108 valence electrons. The number of carbonyl (C=O) groups is 1. The van der Waals surface area contributed by atoms with Crippen LogP contribution in [-0.2, 0) is 23.7 Å². The van der Waals surface area contributed by atoms with Crippen LogP contribution in [0.1, 0.15) is 19.8 Å². The van der Waals surface area contributed by atoms with Gasteiger partial charge in [0.1, 0.15) is 0 Å². The lowest BCUT2D eigenvalue weighted by Gasteiger charge is -2.12. The van der Waals surface area contributed by atoms with E-state index in [0.29, 0.717) is 46.1 Å². The normalized spacial score (nSPS) is 12.6. The van der Waals surface area contributed by atoms with Crippen molar-refractivity contribution in [1.29, 1.82) is 0 Å². The Hall–Kier alpha value is -0.690. The van der Waals surface area contributed by atoms with E-state index in [2.05, 4.69) is 0 Å². The van der Waals surface area contributed by atoms with E-state index >= 15 is 0 Å². The van der Waals surface area contributed by atoms with Crippen LogP contribution in [0.25, 0.3) is 0 Å². The summed E-state index contributed by atoms with van der Waals surface area (Å²) in [7, 11) is 1.65. The fraction of sp³-hybridized carbons (Fsp3) is 0.917. The van der Waals surface area contributed by atoms with E-state index < -0.39 is 12.1 Å². The first kappa shape index (κ1) is 17.3. The minimum Gasteiger partial charge on any atom is -0.479 e. The second-order valence-electron chi connectivity index (χ2n) is 3.64. The highest BCUT2D eigenvalue weighted by atomic mass is 16.5. The van der Waals surface area contributed by atoms with Crippen LogP contribution >= 0.6 is 0 Å². The lowest BCUT2D eigenvalue weighted by Crippen LogP contribution is -2.25. The van der Waals surface area contributed by atoms with E-state index in [4.69, 9.17) is 24.1 Å². The van der Waals surface area contributed by atoms with Crippen LogP contribution in [0.3, 0.4) is 0 Å². The van der Waals surface area contributed by atoms with Gasteiger partial charge in [0, 0.05) is 40.0 Å². The van der Waals surface area contributed by atoms with Gasteiger partial charge in [-0.15, -0.1) is 0 Å². The first-order valence-electron chi connectivity index (χ1n) is 6.21. The molecule has 0 saturated heterocycles. The van der Waals surface area contributed by atoms with Crippen LogP contribution in [-0.4, -0.2) is 63.9 Å². The van der Waals surface area contributed by atoms with Gasteiger partial charge in [0.05, 0.1) is 13.2 Å². The maximum absolute atomic E-state index is 10.7. The van der Waals surface area contributed by atoms with Crippen molar-refractivity contribution in [2.45, 2.75) is 25.9 Å². The quantitative estimate of drug-likeness (QED) is 0.499. The molecule has 18 heavy (non-hydrogen) atoms. The van der Waals surface area contributed by atoms with Crippen LogP contribution in [0.4, 0.5) is 0 Å². The van der Waals surface area contributed by atoms with Gasteiger partial charge in [-0.3, -0.25) is 0 Å². The zero-order valence-electron chi connectivity index (χ0n) is 11.2. The molecule has 0 bridgehead atoms. The molecular formula is C12H24O6. The second kappa shape index (κ2) is 12.8. The highest BCUT2D eigenvalue weighted by Crippen LogP contribution is 1.99. The first-order chi connectivity index (χ1) is 8.72. The third kappa shape index (κ3) is 10.5. The molecule has 0 spiro atoms. The maximum Gasteiger partial charge on any atom is 0.332 e. The van der Waals surface area contributed by atoms with Crippen molar-refractivity contribution >= 4 is 5.97 Å². The van der Waals surface area contributed by atoms with Gasteiger partial charge in [-0.05, 0) is 13.3 Å². The number of ether oxygens (including phenoxy) is 4. The van der Waals surface area contributed by atoms with Crippen molar-refractivity contribution in [3.8, 4) is 0 Å². The van der Waals surface area contributed by atoms with Gasteiger partial charge in [-0.1, -0.05) is 0 Å². The fourth-order valence-electron chi connectivity index (χ4n) is 1.30. The van der Waals surface area contributed by atoms with Gasteiger partial charge in [-0.25, -0.2) is 4.79 Å². The highest BCUT2D eigenvalue weighted by molar-refractivity contribution is 5.72. The third-order valence-electron chi connectivity index (χ3n) is 2.18. The Morgan fingerprint density at radius 1 is 1.11 bits per heavy atom. The van der Waals surface area contributed by atoms with Crippen molar-refractivity contribution in [3.05, 3.63) is 0 Å². The average molecular weight is 264 g/mol. The summed E-state index contributed by atoms with van der Waals surface area (Å²) < 4.78 is 20.5. The summed E-state index contributed by atoms with van der Waals surface area (Å²) in [6.45, 7) is 4.83. The SMILES string of the molecule is CCOC(CCOCCOCCCOC)C(=O)O. The fourth-order valence-corrected chi connectivity index (χ4v) is 1.30. The molecule has 0 aromatic heterocycles. The summed E-state index contributed by atoms with van der Waals surface area (Å²) in [6, 6.07) is 0. The van der Waals surface area contributed by atoms with E-state index in [9.17, 15) is 4.79 Å². The van der Waals surface area contributed by atoms with Gasteiger partial charge < -0.3 is 24.1 Å². The highest BCUT2D eigenvalue weighted by Gasteiger charge is 2.16. The standard InChI is InChI=1S/C12H24O6/c1-3-18-11(12(13)14)5-8-17-10-9-16-7-4-6-15-2/h11H,3-10H2,1-2H3,(H,13,14). The van der Waals surface area contributed by atoms with Crippen molar-refractivity contribution in [3.63, 3.8) is 0 Å². The van der Waals surface area contributed by atoms with E-state index in [0.717, 1.165) is 6.42 Å². The molecule has 0 aromatic rings. The molecule has 1 unspecified atom stereocenters. The van der Waals surface area contributed by atoms with Crippen LogP contribution in [0.5, 0.6) is 0 Å². The number of hydrogen-bond acceptors (Lipinski definition) is 5. The molecule has 6 heteroatoms. The Balaban J connectivity index is 3.30. The van der Waals surface area contributed by atoms with Crippen LogP contribution in [0.2, 0.25) is 0 Å². The van der Waals surface area contributed by atoms with E-state index in [1.165, 1.54) is 0 Å². The van der Waals surface area contributed by atoms with Crippen molar-refractivity contribution < 1.29 is 28.8 Å². The molecule has 0 aliphatic heterocycles. The third-order valence-corrected chi connectivity index (χ3v) is 2.18. The number of hydrogen-bond donors (Lipinski definition) is 1. The van der Waals surface area contributed by atoms with Gasteiger partial charge in [0.15, 0.2) is 6.10 Å². The Morgan fingerprint density at radius 3 is 2.33 bits per heavy atom. The summed E-state index contributed by atoms with van der Waals surface area (Å²) in [5.74, 6) is -0.948. The van der Waals surface area contributed by atoms with E-state index in [-0.39, 0.29) is 0 Å². The van der Waals surface area contributed by atoms with Gasteiger partial charge >= 0.3 is 5.97 Å². The molecular weight excluding hydrogens is 240 g/mol. The Kier molecular flexibility index (Phi) is 12.3. The van der Waals surface area contributed by atoms with Crippen LogP contribution in [0.15, 0.2) is 0 Å². The largest absolute Gasteiger partial charge is 0.479 e. The molecule has 0 aliphatic rings. The van der Waals surface area contributed by atoms with E-state index in [1.54, 1.807) is 14.0 Å². The number of methoxy groups -OCH3 is 1. The van der Waals surface area contributed by atoms with Crippen molar-refractivity contribution in [1.82, 2.24) is 0 Å². The molecule has 0 radical (unpaired) electrons. The summed E-state index contributed by atoms with van der Waals surface area (Å²) in [5.41, 5.74) is 0. The molecule has 1 N–H and O–H groups in total. The molecule has 0 fully saturated rings. The molecule has 0 amide bonds. The van der Waals surface area contributed by atoms with E-state index in [1.807, 2.05) is 0 Å². The summed E-state index contributed by atoms with van der Waals surface area (Å²) >= 11 is 0. The van der Waals surface area contributed by atoms with Gasteiger partial charge in [-0.2, -0.15) is 0 Å². The predicted octanol–water partition coefficient (Wildman–Crippen LogP) is 0.936. The molecule has 0 heterocycles. The number of rotatable bonds is 13. The molecule has 6 nitrogen and oxygen atoms in total. The molecule has 0 rings (SSSR count). The van der Waals surface area contributed by atoms with Crippen molar-refractivity contribution in [2.75, 3.05) is 46.8 Å². The van der Waals surface area contributed by atoms with Gasteiger partial charge in [0.25, 0.3) is 0 Å². The lowest BCUT2D eigenvalue weighted by molar-refractivity contribution is -0.151. The summed E-state index contributed by atoms with van der Waals surface area (Å²) in [4.78, 5) is 10.7. The Morgan fingerprint density at radius 2 is 1.78 bits per heavy atom. The second-order valence-corrected chi connectivity index (χ2v) is 3.64. The summed E-state index contributed by atoms with van der Waals surface area (Å²) in [5, 5.41) is 8.81. The van der Waals surface area contributed by atoms with Crippen LogP contribution in [0, 0.1) is 0 Å². The topological polar surface area (TPSA) is 74.2 Å². The van der Waals surface area contributed by atoms with Crippen LogP contribution < -0.4 is 0 Å². The Bertz CT molecular complexity index is 197. The minimum atomic E-state index is -0.948. The average Bonchev–Trinajstić information content (AvgIpc) is 2.35. The smallest absolute Gasteiger partial charge is 0.332 e. The lowest BCUT2D eigenvalue weighted by atomic mass is 10.2. The monoisotopic (exact) mass is 264 g/mol. The number of carboxylic acid groups (broad SMARTS) is 1. The maximum atomic E-state index is 10.7.